The van der Waals surface area contributed by atoms with Crippen LogP contribution in [-0.2, 0) is 27.8 Å². The van der Waals surface area contributed by atoms with E-state index in [2.05, 4.69) is 4.98 Å². The van der Waals surface area contributed by atoms with E-state index in [0.717, 1.165) is 11.3 Å². The van der Waals surface area contributed by atoms with Gasteiger partial charge in [0.2, 0.25) is 10.0 Å². The first-order valence-corrected chi connectivity index (χ1v) is 10.4. The lowest BCUT2D eigenvalue weighted by Crippen LogP contribution is -2.22. The number of hydrogen-bond donors (Lipinski definition) is 0. The predicted molar refractivity (Wildman–Crippen MR) is 107 cm³/mol. The topological polar surface area (TPSA) is 81.5 Å². The Kier molecular flexibility index (Phi) is 5.81. The number of esters is 1. The summed E-state index contributed by atoms with van der Waals surface area (Å²) in [6.45, 7) is 2.65. The zero-order chi connectivity index (χ0) is 20.3. The van der Waals surface area contributed by atoms with E-state index < -0.39 is 10.0 Å². The first-order valence-electron chi connectivity index (χ1n) is 9.00. The van der Waals surface area contributed by atoms with Crippen molar-refractivity contribution < 1.29 is 17.9 Å². The molecule has 0 atom stereocenters. The molecule has 1 heterocycles. The lowest BCUT2D eigenvalue weighted by Gasteiger charge is -2.11. The van der Waals surface area contributed by atoms with Gasteiger partial charge >= 0.3 is 5.97 Å². The highest BCUT2D eigenvalue weighted by molar-refractivity contribution is 7.89. The number of carbonyl (C=O) groups excluding carboxylic acids is 1. The lowest BCUT2D eigenvalue weighted by atomic mass is 10.3. The Morgan fingerprint density at radius 1 is 1.14 bits per heavy atom. The van der Waals surface area contributed by atoms with Crippen molar-refractivity contribution in [3.05, 3.63) is 54.4 Å². The number of imidazole rings is 1. The van der Waals surface area contributed by atoms with E-state index in [-0.39, 0.29) is 17.3 Å². The van der Waals surface area contributed by atoms with Gasteiger partial charge in [-0.25, -0.2) is 17.7 Å². The van der Waals surface area contributed by atoms with Crippen LogP contribution in [0.3, 0.4) is 0 Å². The van der Waals surface area contributed by atoms with E-state index in [4.69, 9.17) is 4.74 Å². The van der Waals surface area contributed by atoms with Crippen LogP contribution in [0, 0.1) is 0 Å². The van der Waals surface area contributed by atoms with Crippen molar-refractivity contribution >= 4 is 27.0 Å². The first-order chi connectivity index (χ1) is 13.3. The molecular weight excluding hydrogens is 378 g/mol. The average molecular weight is 401 g/mol. The van der Waals surface area contributed by atoms with Gasteiger partial charge in [-0.15, -0.1) is 0 Å². The van der Waals surface area contributed by atoms with E-state index in [1.165, 1.54) is 18.4 Å². The molecular formula is C20H23N3O4S. The Bertz CT molecular complexity index is 1090. The number of benzene rings is 2. The van der Waals surface area contributed by atoms with E-state index >= 15 is 0 Å². The van der Waals surface area contributed by atoms with Crippen LogP contribution < -0.4 is 4.74 Å². The molecule has 0 N–H and O–H groups in total. The minimum atomic E-state index is -3.53. The number of carbonyl (C=O) groups is 1. The quantitative estimate of drug-likeness (QED) is 0.449. The van der Waals surface area contributed by atoms with Crippen LogP contribution in [0.4, 0.5) is 0 Å². The highest BCUT2D eigenvalue weighted by Gasteiger charge is 2.20. The molecule has 0 saturated heterocycles. The molecule has 28 heavy (non-hydrogen) atoms. The Morgan fingerprint density at radius 3 is 2.50 bits per heavy atom. The Hall–Kier alpha value is -2.71. The third-order valence-corrected chi connectivity index (χ3v) is 6.23. The maximum Gasteiger partial charge on any atom is 0.311 e. The first kappa shape index (κ1) is 20.0. The number of hydrogen-bond acceptors (Lipinski definition) is 5. The van der Waals surface area contributed by atoms with Crippen molar-refractivity contribution in [3.63, 3.8) is 0 Å². The van der Waals surface area contributed by atoms with Gasteiger partial charge < -0.3 is 9.30 Å². The zero-order valence-electron chi connectivity index (χ0n) is 16.1. The number of ether oxygens (including phenoxy) is 1. The number of nitrogens with zero attached hydrogens (tertiary/aromatic N) is 3. The average Bonchev–Trinajstić information content (AvgIpc) is 3.03. The van der Waals surface area contributed by atoms with E-state index in [0.29, 0.717) is 24.2 Å². The number of sulfonamides is 1. The van der Waals surface area contributed by atoms with Gasteiger partial charge in [0.1, 0.15) is 11.6 Å². The Labute approximate surface area is 164 Å². The van der Waals surface area contributed by atoms with Crippen molar-refractivity contribution in [2.24, 2.45) is 0 Å². The summed E-state index contributed by atoms with van der Waals surface area (Å²) in [4.78, 5) is 16.9. The molecule has 0 aliphatic carbocycles. The fourth-order valence-electron chi connectivity index (χ4n) is 2.96. The second-order valence-electron chi connectivity index (χ2n) is 6.50. The standard InChI is InChI=1S/C20H23N3O4S/c1-4-23-18-11-10-16(28(25,26)22(2)3)14-17(18)21-19(23)12-13-20(24)27-15-8-6-5-7-9-15/h5-11,14H,4,12-13H2,1-3H3. The van der Waals surface area contributed by atoms with Crippen LogP contribution in [0.15, 0.2) is 53.4 Å². The van der Waals surface area contributed by atoms with Gasteiger partial charge in [-0.1, -0.05) is 18.2 Å². The van der Waals surface area contributed by atoms with Gasteiger partial charge in [0.15, 0.2) is 0 Å². The van der Waals surface area contributed by atoms with Crippen molar-refractivity contribution in [2.45, 2.75) is 31.2 Å². The Balaban J connectivity index is 1.82. The second-order valence-corrected chi connectivity index (χ2v) is 8.65. The summed E-state index contributed by atoms with van der Waals surface area (Å²) in [6.07, 6.45) is 0.588. The lowest BCUT2D eigenvalue weighted by molar-refractivity contribution is -0.134. The van der Waals surface area contributed by atoms with Crippen molar-refractivity contribution in [1.82, 2.24) is 13.9 Å². The highest BCUT2D eigenvalue weighted by atomic mass is 32.2. The third-order valence-electron chi connectivity index (χ3n) is 4.42. The molecule has 0 unspecified atom stereocenters. The van der Waals surface area contributed by atoms with Crippen LogP contribution in [0.1, 0.15) is 19.2 Å². The maximum absolute atomic E-state index is 12.4. The van der Waals surface area contributed by atoms with E-state index in [9.17, 15) is 13.2 Å². The van der Waals surface area contributed by atoms with Gasteiger partial charge in [0.25, 0.3) is 0 Å². The van der Waals surface area contributed by atoms with Crippen LogP contribution in [0.5, 0.6) is 5.75 Å². The summed E-state index contributed by atoms with van der Waals surface area (Å²) in [7, 11) is -0.541. The van der Waals surface area contributed by atoms with Gasteiger partial charge in [-0.3, -0.25) is 4.79 Å². The van der Waals surface area contributed by atoms with Crippen LogP contribution in [0.2, 0.25) is 0 Å². The van der Waals surface area contributed by atoms with Crippen LogP contribution in [0.25, 0.3) is 11.0 Å². The zero-order valence-corrected chi connectivity index (χ0v) is 16.9. The number of fused-ring (bicyclic) bond motifs is 1. The molecule has 3 aromatic rings. The van der Waals surface area contributed by atoms with Crippen molar-refractivity contribution in [1.29, 1.82) is 0 Å². The number of aromatic nitrogens is 2. The van der Waals surface area contributed by atoms with E-state index in [1.54, 1.807) is 42.5 Å². The van der Waals surface area contributed by atoms with Crippen molar-refractivity contribution in [2.75, 3.05) is 14.1 Å². The molecule has 1 aromatic heterocycles. The fourth-order valence-corrected chi connectivity index (χ4v) is 3.88. The summed E-state index contributed by atoms with van der Waals surface area (Å²) in [6, 6.07) is 13.8. The molecule has 0 aliphatic rings. The molecule has 0 aliphatic heterocycles. The Morgan fingerprint density at radius 2 is 1.86 bits per heavy atom. The van der Waals surface area contributed by atoms with E-state index in [1.807, 2.05) is 17.6 Å². The molecule has 0 spiro atoms. The molecule has 0 bridgehead atoms. The monoisotopic (exact) mass is 401 g/mol. The minimum absolute atomic E-state index is 0.182. The van der Waals surface area contributed by atoms with Gasteiger partial charge in [-0.05, 0) is 37.3 Å². The third kappa shape index (κ3) is 4.07. The molecule has 0 saturated carbocycles. The molecule has 148 valence electrons. The summed E-state index contributed by atoms with van der Waals surface area (Å²) in [5.41, 5.74) is 1.43. The summed E-state index contributed by atoms with van der Waals surface area (Å²) >= 11 is 0. The SMILES string of the molecule is CCn1c(CCC(=O)Oc2ccccc2)nc2cc(S(=O)(=O)N(C)C)ccc21. The molecule has 8 heteroatoms. The molecule has 2 aromatic carbocycles. The molecule has 3 rings (SSSR count). The molecule has 0 amide bonds. The minimum Gasteiger partial charge on any atom is -0.427 e. The number of para-hydroxylation sites is 1. The van der Waals surface area contributed by atoms with Crippen molar-refractivity contribution in [3.8, 4) is 5.75 Å². The maximum atomic E-state index is 12.4. The van der Waals surface area contributed by atoms with Crippen LogP contribution >= 0.6 is 0 Å². The fraction of sp³-hybridized carbons (Fsp3) is 0.300. The number of rotatable bonds is 7. The normalized spacial score (nSPS) is 11.9. The molecule has 7 nitrogen and oxygen atoms in total. The van der Waals surface area contributed by atoms with Crippen LogP contribution in [-0.4, -0.2) is 42.3 Å². The summed E-state index contributed by atoms with van der Waals surface area (Å²) < 4.78 is 33.2. The predicted octanol–water partition coefficient (Wildman–Crippen LogP) is 2.84. The van der Waals surface area contributed by atoms with Gasteiger partial charge in [0.05, 0.1) is 22.3 Å². The largest absolute Gasteiger partial charge is 0.427 e. The number of aryl methyl sites for hydroxylation is 2. The smallest absolute Gasteiger partial charge is 0.311 e. The van der Waals surface area contributed by atoms with Gasteiger partial charge in [-0.2, -0.15) is 0 Å². The molecule has 0 fully saturated rings. The van der Waals surface area contributed by atoms with Gasteiger partial charge in [0, 0.05) is 27.1 Å². The highest BCUT2D eigenvalue weighted by Crippen LogP contribution is 2.23. The second kappa shape index (κ2) is 8.12. The summed E-state index contributed by atoms with van der Waals surface area (Å²) in [5, 5.41) is 0. The summed E-state index contributed by atoms with van der Waals surface area (Å²) in [5.74, 6) is 0.897. The molecule has 0 radical (unpaired) electrons.